The van der Waals surface area contributed by atoms with Crippen LogP contribution >= 0.6 is 0 Å². The maximum atomic E-state index is 11.0. The van der Waals surface area contributed by atoms with Crippen LogP contribution in [0.3, 0.4) is 0 Å². The van der Waals surface area contributed by atoms with E-state index in [9.17, 15) is 9.59 Å². The van der Waals surface area contributed by atoms with Gasteiger partial charge < -0.3 is 9.53 Å². The molecule has 3 heteroatoms. The van der Waals surface area contributed by atoms with Crippen LogP contribution in [0.4, 0.5) is 0 Å². The Morgan fingerprint density at radius 3 is 2.36 bits per heavy atom. The van der Waals surface area contributed by atoms with E-state index in [1.807, 2.05) is 13.8 Å². The Bertz CT molecular complexity index is 196. The van der Waals surface area contributed by atoms with Gasteiger partial charge in [0.15, 0.2) is 0 Å². The molecule has 0 amide bonds. The first-order valence-corrected chi connectivity index (χ1v) is 3.58. The molecule has 2 atom stereocenters. The second-order valence-corrected chi connectivity index (χ2v) is 3.48. The van der Waals surface area contributed by atoms with Crippen molar-refractivity contribution in [1.82, 2.24) is 0 Å². The van der Waals surface area contributed by atoms with Crippen LogP contribution in [0.2, 0.25) is 0 Å². The first-order valence-electron chi connectivity index (χ1n) is 3.58. The predicted octanol–water partition coefficient (Wildman–Crippen LogP) is 0.630. The third-order valence-electron chi connectivity index (χ3n) is 2.51. The lowest BCUT2D eigenvalue weighted by molar-refractivity contribution is -0.143. The lowest BCUT2D eigenvalue weighted by Crippen LogP contribution is -2.07. The molecular weight excluding hydrogens is 144 g/mol. The highest BCUT2D eigenvalue weighted by Gasteiger charge is 2.62. The van der Waals surface area contributed by atoms with Gasteiger partial charge in [-0.25, -0.2) is 0 Å². The number of aldehydes is 1. The van der Waals surface area contributed by atoms with Crippen LogP contribution in [0.25, 0.3) is 0 Å². The van der Waals surface area contributed by atoms with Crippen LogP contribution in [0.5, 0.6) is 0 Å². The summed E-state index contributed by atoms with van der Waals surface area (Å²) in [6.07, 6.45) is 0.835. The van der Waals surface area contributed by atoms with Crippen molar-refractivity contribution in [2.24, 2.45) is 17.3 Å². The van der Waals surface area contributed by atoms with Crippen molar-refractivity contribution in [3.05, 3.63) is 0 Å². The SMILES string of the molecule is COC(=O)[C@@H]1[C@H](C=O)C1(C)C. The number of esters is 1. The second kappa shape index (κ2) is 2.32. The Labute approximate surface area is 65.7 Å². The largest absolute Gasteiger partial charge is 0.469 e. The maximum Gasteiger partial charge on any atom is 0.309 e. The molecule has 1 aliphatic carbocycles. The van der Waals surface area contributed by atoms with Gasteiger partial charge in [-0.05, 0) is 5.41 Å². The Morgan fingerprint density at radius 1 is 1.55 bits per heavy atom. The minimum atomic E-state index is -0.271. The van der Waals surface area contributed by atoms with Crippen molar-refractivity contribution in [2.45, 2.75) is 13.8 Å². The first kappa shape index (κ1) is 8.24. The van der Waals surface area contributed by atoms with Gasteiger partial charge in [-0.2, -0.15) is 0 Å². The predicted molar refractivity (Wildman–Crippen MR) is 38.8 cm³/mol. The fourth-order valence-corrected chi connectivity index (χ4v) is 1.51. The molecule has 1 saturated carbocycles. The molecule has 1 aliphatic rings. The molecule has 0 aromatic carbocycles. The van der Waals surface area contributed by atoms with E-state index in [-0.39, 0.29) is 23.2 Å². The monoisotopic (exact) mass is 156 g/mol. The zero-order valence-electron chi connectivity index (χ0n) is 6.96. The minimum absolute atomic E-state index is 0.144. The van der Waals surface area contributed by atoms with Gasteiger partial charge in [0, 0.05) is 5.92 Å². The van der Waals surface area contributed by atoms with Crippen LogP contribution in [0, 0.1) is 17.3 Å². The topological polar surface area (TPSA) is 43.4 Å². The summed E-state index contributed by atoms with van der Waals surface area (Å²) in [5.74, 6) is -0.632. The lowest BCUT2D eigenvalue weighted by atomic mass is 10.1. The van der Waals surface area contributed by atoms with Gasteiger partial charge in [-0.3, -0.25) is 4.79 Å². The van der Waals surface area contributed by atoms with Crippen molar-refractivity contribution >= 4 is 12.3 Å². The molecule has 1 rings (SSSR count). The van der Waals surface area contributed by atoms with E-state index in [4.69, 9.17) is 0 Å². The third kappa shape index (κ3) is 1.04. The molecular formula is C8H12O3. The van der Waals surface area contributed by atoms with Gasteiger partial charge in [-0.15, -0.1) is 0 Å². The summed E-state index contributed by atoms with van der Waals surface area (Å²) in [5, 5.41) is 0. The Kier molecular flexibility index (Phi) is 1.74. The third-order valence-corrected chi connectivity index (χ3v) is 2.51. The Morgan fingerprint density at radius 2 is 2.09 bits per heavy atom. The van der Waals surface area contributed by atoms with Crippen LogP contribution in [-0.2, 0) is 14.3 Å². The lowest BCUT2D eigenvalue weighted by Gasteiger charge is -1.98. The average Bonchev–Trinajstić information content (AvgIpc) is 2.51. The van der Waals surface area contributed by atoms with Crippen molar-refractivity contribution in [2.75, 3.05) is 7.11 Å². The van der Waals surface area contributed by atoms with E-state index in [1.165, 1.54) is 7.11 Å². The summed E-state index contributed by atoms with van der Waals surface area (Å²) < 4.78 is 4.54. The highest BCUT2D eigenvalue weighted by molar-refractivity contribution is 5.84. The molecule has 0 radical (unpaired) electrons. The Balaban J connectivity index is 2.66. The van der Waals surface area contributed by atoms with Gasteiger partial charge in [0.1, 0.15) is 6.29 Å². The van der Waals surface area contributed by atoms with Gasteiger partial charge in [0.05, 0.1) is 13.0 Å². The summed E-state index contributed by atoms with van der Waals surface area (Å²) in [6, 6.07) is 0. The first-order chi connectivity index (χ1) is 5.05. The molecule has 0 heterocycles. The van der Waals surface area contributed by atoms with Crippen molar-refractivity contribution in [1.29, 1.82) is 0 Å². The highest BCUT2D eigenvalue weighted by atomic mass is 16.5. The minimum Gasteiger partial charge on any atom is -0.469 e. The number of hydrogen-bond donors (Lipinski definition) is 0. The normalized spacial score (nSPS) is 32.6. The molecule has 0 unspecified atom stereocenters. The van der Waals surface area contributed by atoms with Gasteiger partial charge >= 0.3 is 5.97 Å². The van der Waals surface area contributed by atoms with Crippen LogP contribution in [0.1, 0.15) is 13.8 Å². The zero-order valence-corrected chi connectivity index (χ0v) is 6.96. The van der Waals surface area contributed by atoms with Crippen molar-refractivity contribution in [3.8, 4) is 0 Å². The van der Waals surface area contributed by atoms with Crippen LogP contribution in [-0.4, -0.2) is 19.4 Å². The molecule has 0 aromatic rings. The van der Waals surface area contributed by atoms with E-state index in [1.54, 1.807) is 0 Å². The van der Waals surface area contributed by atoms with E-state index in [0.29, 0.717) is 0 Å². The molecule has 0 bridgehead atoms. The van der Waals surface area contributed by atoms with Crippen LogP contribution < -0.4 is 0 Å². The molecule has 1 fully saturated rings. The number of ether oxygens (including phenoxy) is 1. The molecule has 62 valence electrons. The smallest absolute Gasteiger partial charge is 0.309 e. The van der Waals surface area contributed by atoms with Gasteiger partial charge in [0.25, 0.3) is 0 Å². The average molecular weight is 156 g/mol. The van der Waals surface area contributed by atoms with E-state index >= 15 is 0 Å². The highest BCUT2D eigenvalue weighted by Crippen LogP contribution is 2.57. The fraction of sp³-hybridized carbons (Fsp3) is 0.750. The van der Waals surface area contributed by atoms with Gasteiger partial charge in [0.2, 0.25) is 0 Å². The number of hydrogen-bond acceptors (Lipinski definition) is 3. The van der Waals surface area contributed by atoms with Crippen molar-refractivity contribution < 1.29 is 14.3 Å². The van der Waals surface area contributed by atoms with E-state index < -0.39 is 0 Å². The van der Waals surface area contributed by atoms with E-state index in [2.05, 4.69) is 4.74 Å². The Hall–Kier alpha value is -0.860. The number of carbonyl (C=O) groups is 2. The van der Waals surface area contributed by atoms with E-state index in [0.717, 1.165) is 6.29 Å². The zero-order chi connectivity index (χ0) is 8.65. The molecule has 3 nitrogen and oxygen atoms in total. The summed E-state index contributed by atoms with van der Waals surface area (Å²) in [7, 11) is 1.35. The molecule has 0 N–H and O–H groups in total. The maximum absolute atomic E-state index is 11.0. The number of carbonyl (C=O) groups excluding carboxylic acids is 2. The quantitative estimate of drug-likeness (QED) is 0.435. The molecule has 0 aliphatic heterocycles. The van der Waals surface area contributed by atoms with Crippen LogP contribution in [0.15, 0.2) is 0 Å². The number of methoxy groups -OCH3 is 1. The number of rotatable bonds is 2. The standard InChI is InChI=1S/C8H12O3/c1-8(2)5(4-9)6(8)7(10)11-3/h4-6H,1-3H3/t5-,6-/m0/s1. The molecule has 0 saturated heterocycles. The molecule has 11 heavy (non-hydrogen) atoms. The molecule has 0 spiro atoms. The second-order valence-electron chi connectivity index (χ2n) is 3.48. The van der Waals surface area contributed by atoms with Gasteiger partial charge in [-0.1, -0.05) is 13.8 Å². The summed E-state index contributed by atoms with van der Waals surface area (Å²) in [5.41, 5.74) is -0.186. The summed E-state index contributed by atoms with van der Waals surface area (Å²) in [6.45, 7) is 3.79. The summed E-state index contributed by atoms with van der Waals surface area (Å²) >= 11 is 0. The molecule has 0 aromatic heterocycles. The fourth-order valence-electron chi connectivity index (χ4n) is 1.51. The summed E-state index contributed by atoms with van der Waals surface area (Å²) in [4.78, 5) is 21.4. The van der Waals surface area contributed by atoms with Crippen molar-refractivity contribution in [3.63, 3.8) is 0 Å².